The molecule has 0 unspecified atom stereocenters. The molecule has 9 nitrogen and oxygen atoms in total. The lowest BCUT2D eigenvalue weighted by molar-refractivity contribution is -0.135. The number of hydrogen-bond acceptors (Lipinski definition) is 7. The SMILES string of the molecule is COCC(=O)N(C)C[C@H]1Oc2cc(-c3cccnc3)ccc2S(=O)(=O)N([C@H](C)CO)C[C@H]1C. The molecule has 1 aromatic heterocycles. The molecule has 0 fully saturated rings. The Bertz CT molecular complexity index is 1060. The number of hydrogen-bond donors (Lipinski definition) is 1. The van der Waals surface area contributed by atoms with Crippen LogP contribution in [0, 0.1) is 5.92 Å². The van der Waals surface area contributed by atoms with Crippen LogP contribution in [0.2, 0.25) is 0 Å². The average Bonchev–Trinajstić information content (AvgIpc) is 2.81. The van der Waals surface area contributed by atoms with Gasteiger partial charge in [0.2, 0.25) is 15.9 Å². The molecule has 1 amide bonds. The predicted molar refractivity (Wildman–Crippen MR) is 123 cm³/mol. The maximum Gasteiger partial charge on any atom is 0.248 e. The van der Waals surface area contributed by atoms with Crippen molar-refractivity contribution in [3.63, 3.8) is 0 Å². The van der Waals surface area contributed by atoms with Crippen molar-refractivity contribution in [2.24, 2.45) is 5.92 Å². The van der Waals surface area contributed by atoms with E-state index in [1.54, 1.807) is 44.6 Å². The van der Waals surface area contributed by atoms with Crippen molar-refractivity contribution >= 4 is 15.9 Å². The first kappa shape index (κ1) is 25.1. The maximum absolute atomic E-state index is 13.5. The number of pyridine rings is 1. The lowest BCUT2D eigenvalue weighted by atomic mass is 10.0. The summed E-state index contributed by atoms with van der Waals surface area (Å²) in [4.78, 5) is 18.0. The molecule has 3 rings (SSSR count). The molecule has 180 valence electrons. The molecule has 0 radical (unpaired) electrons. The fourth-order valence-corrected chi connectivity index (χ4v) is 5.59. The van der Waals surface area contributed by atoms with Crippen LogP contribution in [0.4, 0.5) is 0 Å². The van der Waals surface area contributed by atoms with E-state index in [9.17, 15) is 18.3 Å². The number of sulfonamides is 1. The standard InChI is InChI=1S/C23H31N3O6S/c1-16-12-26(17(2)14-27)33(29,30)22-8-7-18(19-6-5-9-24-11-19)10-20(22)32-21(16)13-25(3)23(28)15-31-4/h5-11,16-17,21,27H,12-15H2,1-4H3/t16-,17-,21-/m1/s1. The Hall–Kier alpha value is -2.53. The zero-order valence-corrected chi connectivity index (χ0v) is 20.2. The Balaban J connectivity index is 2.08. The molecule has 0 saturated carbocycles. The van der Waals surface area contributed by atoms with E-state index < -0.39 is 22.2 Å². The van der Waals surface area contributed by atoms with Crippen molar-refractivity contribution in [3.8, 4) is 16.9 Å². The van der Waals surface area contributed by atoms with Crippen LogP contribution in [0.1, 0.15) is 13.8 Å². The first-order chi connectivity index (χ1) is 15.7. The average molecular weight is 478 g/mol. The molecule has 1 aliphatic rings. The molecular weight excluding hydrogens is 446 g/mol. The smallest absolute Gasteiger partial charge is 0.248 e. The van der Waals surface area contributed by atoms with Gasteiger partial charge in [0, 0.05) is 50.6 Å². The van der Waals surface area contributed by atoms with E-state index in [-0.39, 0.29) is 48.8 Å². The monoisotopic (exact) mass is 477 g/mol. The molecule has 3 atom stereocenters. The highest BCUT2D eigenvalue weighted by Crippen LogP contribution is 2.36. The molecule has 1 aliphatic heterocycles. The summed E-state index contributed by atoms with van der Waals surface area (Å²) in [6.45, 7) is 3.57. The number of aliphatic hydroxyl groups is 1. The number of aliphatic hydroxyl groups excluding tert-OH is 1. The number of nitrogens with zero attached hydrogens (tertiary/aromatic N) is 3. The van der Waals surface area contributed by atoms with Gasteiger partial charge in [0.25, 0.3) is 0 Å². The minimum Gasteiger partial charge on any atom is -0.487 e. The molecule has 1 N–H and O–H groups in total. The van der Waals surface area contributed by atoms with Gasteiger partial charge in [-0.15, -0.1) is 0 Å². The Morgan fingerprint density at radius 1 is 1.36 bits per heavy atom. The number of carbonyl (C=O) groups is 1. The summed E-state index contributed by atoms with van der Waals surface area (Å²) in [5.41, 5.74) is 1.58. The van der Waals surface area contributed by atoms with Crippen LogP contribution in [-0.2, 0) is 19.6 Å². The molecule has 1 aromatic carbocycles. The largest absolute Gasteiger partial charge is 0.487 e. The number of ether oxygens (including phenoxy) is 2. The fourth-order valence-electron chi connectivity index (χ4n) is 3.76. The summed E-state index contributed by atoms with van der Waals surface area (Å²) in [5, 5.41) is 9.74. The number of methoxy groups -OCH3 is 1. The van der Waals surface area contributed by atoms with E-state index in [0.717, 1.165) is 11.1 Å². The summed E-state index contributed by atoms with van der Waals surface area (Å²) in [6.07, 6.45) is 2.87. The van der Waals surface area contributed by atoms with Crippen LogP contribution in [0.15, 0.2) is 47.6 Å². The van der Waals surface area contributed by atoms with Crippen molar-refractivity contribution in [2.75, 3.05) is 40.5 Å². The van der Waals surface area contributed by atoms with Gasteiger partial charge in [-0.1, -0.05) is 19.1 Å². The van der Waals surface area contributed by atoms with Crippen LogP contribution in [0.5, 0.6) is 5.75 Å². The van der Waals surface area contributed by atoms with Crippen molar-refractivity contribution in [2.45, 2.75) is 30.9 Å². The second-order valence-electron chi connectivity index (χ2n) is 8.35. The number of amides is 1. The molecule has 2 aromatic rings. The van der Waals surface area contributed by atoms with E-state index in [1.807, 2.05) is 13.0 Å². The molecule has 0 spiro atoms. The van der Waals surface area contributed by atoms with Crippen LogP contribution < -0.4 is 4.74 Å². The molecule has 0 bridgehead atoms. The van der Waals surface area contributed by atoms with Crippen LogP contribution in [-0.4, -0.2) is 86.2 Å². The topological polar surface area (TPSA) is 109 Å². The molecule has 0 saturated heterocycles. The van der Waals surface area contributed by atoms with Gasteiger partial charge in [-0.2, -0.15) is 4.31 Å². The highest BCUT2D eigenvalue weighted by Gasteiger charge is 2.38. The normalized spacial score (nSPS) is 21.2. The highest BCUT2D eigenvalue weighted by atomic mass is 32.2. The number of benzene rings is 1. The summed E-state index contributed by atoms with van der Waals surface area (Å²) in [5.74, 6) is -0.259. The Kier molecular flexibility index (Phi) is 8.06. The van der Waals surface area contributed by atoms with Gasteiger partial charge in [0.15, 0.2) is 0 Å². The highest BCUT2D eigenvalue weighted by molar-refractivity contribution is 7.89. The third-order valence-corrected chi connectivity index (χ3v) is 7.83. The first-order valence-electron chi connectivity index (χ1n) is 10.8. The van der Waals surface area contributed by atoms with Gasteiger partial charge in [-0.25, -0.2) is 8.42 Å². The fraction of sp³-hybridized carbons (Fsp3) is 0.478. The molecule has 0 aliphatic carbocycles. The minimum atomic E-state index is -3.93. The van der Waals surface area contributed by atoms with E-state index in [4.69, 9.17) is 9.47 Å². The zero-order valence-electron chi connectivity index (χ0n) is 19.3. The number of likely N-dealkylation sites (N-methyl/N-ethyl adjacent to an activating group) is 1. The number of rotatable bonds is 7. The van der Waals surface area contributed by atoms with Crippen LogP contribution in [0.25, 0.3) is 11.1 Å². The van der Waals surface area contributed by atoms with E-state index >= 15 is 0 Å². The van der Waals surface area contributed by atoms with Crippen molar-refractivity contribution < 1.29 is 27.8 Å². The second kappa shape index (κ2) is 10.6. The van der Waals surface area contributed by atoms with Gasteiger partial charge >= 0.3 is 0 Å². The van der Waals surface area contributed by atoms with Gasteiger partial charge in [0.05, 0.1) is 13.2 Å². The molecule has 2 heterocycles. The molecular formula is C23H31N3O6S. The number of carbonyl (C=O) groups excluding carboxylic acids is 1. The van der Waals surface area contributed by atoms with Gasteiger partial charge in [-0.05, 0) is 30.7 Å². The lowest BCUT2D eigenvalue weighted by Gasteiger charge is -2.37. The first-order valence-corrected chi connectivity index (χ1v) is 12.2. The summed E-state index contributed by atoms with van der Waals surface area (Å²) in [6, 6.07) is 7.99. The predicted octanol–water partition coefficient (Wildman–Crippen LogP) is 1.62. The third-order valence-electron chi connectivity index (χ3n) is 5.81. The summed E-state index contributed by atoms with van der Waals surface area (Å²) >= 11 is 0. The van der Waals surface area contributed by atoms with Gasteiger partial charge in [-0.3, -0.25) is 9.78 Å². The quantitative estimate of drug-likeness (QED) is 0.645. The Morgan fingerprint density at radius 2 is 2.12 bits per heavy atom. The number of fused-ring (bicyclic) bond motifs is 1. The third kappa shape index (κ3) is 5.52. The van der Waals surface area contributed by atoms with E-state index in [0.29, 0.717) is 0 Å². The second-order valence-corrected chi connectivity index (χ2v) is 10.2. The minimum absolute atomic E-state index is 0.0261. The Morgan fingerprint density at radius 3 is 2.76 bits per heavy atom. The summed E-state index contributed by atoms with van der Waals surface area (Å²) < 4.78 is 39.6. The Labute approximate surface area is 195 Å². The van der Waals surface area contributed by atoms with Crippen LogP contribution >= 0.6 is 0 Å². The van der Waals surface area contributed by atoms with Crippen molar-refractivity contribution in [1.29, 1.82) is 0 Å². The number of aromatic nitrogens is 1. The lowest BCUT2D eigenvalue weighted by Crippen LogP contribution is -2.50. The van der Waals surface area contributed by atoms with Crippen molar-refractivity contribution in [3.05, 3.63) is 42.7 Å². The maximum atomic E-state index is 13.5. The molecule has 10 heteroatoms. The zero-order chi connectivity index (χ0) is 24.2. The molecule has 33 heavy (non-hydrogen) atoms. The van der Waals surface area contributed by atoms with E-state index in [1.165, 1.54) is 22.4 Å². The van der Waals surface area contributed by atoms with Gasteiger partial charge in [0.1, 0.15) is 23.4 Å². The van der Waals surface area contributed by atoms with Gasteiger partial charge < -0.3 is 19.5 Å². The van der Waals surface area contributed by atoms with E-state index in [2.05, 4.69) is 4.98 Å². The van der Waals surface area contributed by atoms with Crippen LogP contribution in [0.3, 0.4) is 0 Å². The van der Waals surface area contributed by atoms with Crippen molar-refractivity contribution in [1.82, 2.24) is 14.2 Å². The summed E-state index contributed by atoms with van der Waals surface area (Å²) in [7, 11) is -0.815.